The molecule has 66 valence electrons. The van der Waals surface area contributed by atoms with Crippen LogP contribution in [0.3, 0.4) is 0 Å². The lowest BCUT2D eigenvalue weighted by atomic mass is 10.1. The number of ether oxygens (including phenoxy) is 2. The van der Waals surface area contributed by atoms with Gasteiger partial charge in [0.25, 0.3) is 0 Å². The minimum absolute atomic E-state index is 0.0673. The molecule has 1 aliphatic heterocycles. The summed E-state index contributed by atoms with van der Waals surface area (Å²) in [5.41, 5.74) is 0. The van der Waals surface area contributed by atoms with Gasteiger partial charge in [0.2, 0.25) is 0 Å². The average molecular weight is 164 g/mol. The minimum atomic E-state index is -1.15. The molecule has 11 heavy (non-hydrogen) atoms. The lowest BCUT2D eigenvalue weighted by Gasteiger charge is -2.34. The second kappa shape index (κ2) is 3.46. The van der Waals surface area contributed by atoms with Crippen LogP contribution in [0, 0.1) is 0 Å². The molecule has 0 spiro atoms. The van der Waals surface area contributed by atoms with Crippen LogP contribution in [0.15, 0.2) is 0 Å². The first-order valence-electron chi connectivity index (χ1n) is 3.35. The van der Waals surface area contributed by atoms with Gasteiger partial charge >= 0.3 is 0 Å². The molecule has 0 aromatic rings. The Morgan fingerprint density at radius 3 is 2.45 bits per heavy atom. The quantitative estimate of drug-likeness (QED) is 0.420. The van der Waals surface area contributed by atoms with Gasteiger partial charge in [0, 0.05) is 7.11 Å². The van der Waals surface area contributed by atoms with Gasteiger partial charge in [0.1, 0.15) is 18.3 Å². The molecule has 5 heteroatoms. The predicted molar refractivity (Wildman–Crippen MR) is 34.8 cm³/mol. The Morgan fingerprint density at radius 1 is 1.36 bits per heavy atom. The smallest absolute Gasteiger partial charge is 0.183 e. The first kappa shape index (κ1) is 8.89. The maximum absolute atomic E-state index is 9.19. The van der Waals surface area contributed by atoms with Crippen molar-refractivity contribution < 1.29 is 24.8 Å². The van der Waals surface area contributed by atoms with E-state index in [-0.39, 0.29) is 6.61 Å². The standard InChI is InChI=1S/C6H12O5/c1-10-5-4(8)3(7)2-11-6(5)9/h3-9H,2H2,1H3/t3-,4-,5+,6+/m0/s1. The topological polar surface area (TPSA) is 79.2 Å². The summed E-state index contributed by atoms with van der Waals surface area (Å²) >= 11 is 0. The van der Waals surface area contributed by atoms with Crippen LogP contribution in [0.2, 0.25) is 0 Å². The van der Waals surface area contributed by atoms with Gasteiger partial charge in [-0.15, -0.1) is 0 Å². The van der Waals surface area contributed by atoms with Gasteiger partial charge in [-0.2, -0.15) is 0 Å². The maximum Gasteiger partial charge on any atom is 0.183 e. The molecule has 1 aliphatic rings. The van der Waals surface area contributed by atoms with Crippen molar-refractivity contribution in [3.05, 3.63) is 0 Å². The third-order valence-corrected chi connectivity index (χ3v) is 1.72. The zero-order chi connectivity index (χ0) is 8.43. The first-order valence-corrected chi connectivity index (χ1v) is 3.35. The summed E-state index contributed by atoms with van der Waals surface area (Å²) in [6.07, 6.45) is -4.08. The van der Waals surface area contributed by atoms with E-state index in [1.807, 2.05) is 0 Å². The minimum Gasteiger partial charge on any atom is -0.388 e. The van der Waals surface area contributed by atoms with Crippen LogP contribution in [-0.2, 0) is 9.47 Å². The molecule has 0 aromatic heterocycles. The van der Waals surface area contributed by atoms with Crippen molar-refractivity contribution in [1.82, 2.24) is 0 Å². The van der Waals surface area contributed by atoms with Gasteiger partial charge < -0.3 is 24.8 Å². The fourth-order valence-corrected chi connectivity index (χ4v) is 1.03. The Bertz CT molecular complexity index is 128. The third kappa shape index (κ3) is 1.69. The molecule has 0 bridgehead atoms. The van der Waals surface area contributed by atoms with Gasteiger partial charge in [0.15, 0.2) is 6.29 Å². The van der Waals surface area contributed by atoms with E-state index in [2.05, 4.69) is 4.74 Å². The molecule has 0 unspecified atom stereocenters. The third-order valence-electron chi connectivity index (χ3n) is 1.72. The molecule has 3 N–H and O–H groups in total. The van der Waals surface area contributed by atoms with Crippen molar-refractivity contribution in [2.45, 2.75) is 24.6 Å². The van der Waals surface area contributed by atoms with E-state index in [1.165, 1.54) is 7.11 Å². The summed E-state index contributed by atoms with van der Waals surface area (Å²) in [7, 11) is 1.33. The number of hydrogen-bond donors (Lipinski definition) is 3. The Kier molecular flexibility index (Phi) is 2.80. The Labute approximate surface area is 64.2 Å². The van der Waals surface area contributed by atoms with Crippen molar-refractivity contribution in [3.63, 3.8) is 0 Å². The van der Waals surface area contributed by atoms with Gasteiger partial charge in [-0.25, -0.2) is 0 Å². The van der Waals surface area contributed by atoms with E-state index in [0.717, 1.165) is 0 Å². The molecule has 1 rings (SSSR count). The van der Waals surface area contributed by atoms with Crippen LogP contribution < -0.4 is 0 Å². The number of aliphatic hydroxyl groups is 3. The highest BCUT2D eigenvalue weighted by Gasteiger charge is 2.37. The molecule has 4 atom stereocenters. The molecule has 0 aromatic carbocycles. The highest BCUT2D eigenvalue weighted by atomic mass is 16.6. The zero-order valence-electron chi connectivity index (χ0n) is 6.17. The molecule has 1 saturated heterocycles. The van der Waals surface area contributed by atoms with Crippen molar-refractivity contribution in [2.24, 2.45) is 0 Å². The molecule has 1 fully saturated rings. The molecular weight excluding hydrogens is 152 g/mol. The SMILES string of the molecule is CO[C@@H]1[C@@H](O)[C@@H](O)CO[C@H]1O. The zero-order valence-corrected chi connectivity index (χ0v) is 6.17. The van der Waals surface area contributed by atoms with Crippen molar-refractivity contribution >= 4 is 0 Å². The average Bonchev–Trinajstić information content (AvgIpc) is 1.99. The normalized spacial score (nSPS) is 45.8. The van der Waals surface area contributed by atoms with E-state index in [1.54, 1.807) is 0 Å². The van der Waals surface area contributed by atoms with Crippen LogP contribution in [-0.4, -0.2) is 53.6 Å². The molecule has 0 radical (unpaired) electrons. The molecule has 0 amide bonds. The van der Waals surface area contributed by atoms with E-state index in [9.17, 15) is 5.11 Å². The lowest BCUT2D eigenvalue weighted by molar-refractivity contribution is -0.258. The van der Waals surface area contributed by atoms with Crippen LogP contribution in [0.5, 0.6) is 0 Å². The van der Waals surface area contributed by atoms with Crippen LogP contribution in [0.1, 0.15) is 0 Å². The fourth-order valence-electron chi connectivity index (χ4n) is 1.03. The number of rotatable bonds is 1. The summed E-state index contributed by atoms with van der Waals surface area (Å²) < 4.78 is 9.39. The lowest BCUT2D eigenvalue weighted by Crippen LogP contribution is -2.53. The van der Waals surface area contributed by atoms with E-state index < -0.39 is 24.6 Å². The monoisotopic (exact) mass is 164 g/mol. The summed E-state index contributed by atoms with van der Waals surface area (Å²) in [5, 5.41) is 27.3. The van der Waals surface area contributed by atoms with Crippen LogP contribution >= 0.6 is 0 Å². The molecule has 0 saturated carbocycles. The van der Waals surface area contributed by atoms with Crippen molar-refractivity contribution in [2.75, 3.05) is 13.7 Å². The van der Waals surface area contributed by atoms with Gasteiger partial charge in [-0.05, 0) is 0 Å². The summed E-state index contributed by atoms with van der Waals surface area (Å²) in [6.45, 7) is -0.0673. The maximum atomic E-state index is 9.19. The number of methoxy groups -OCH3 is 1. The summed E-state index contributed by atoms with van der Waals surface area (Å²) in [4.78, 5) is 0. The number of aliphatic hydroxyl groups excluding tert-OH is 3. The van der Waals surface area contributed by atoms with Crippen molar-refractivity contribution in [1.29, 1.82) is 0 Å². The Hall–Kier alpha value is -0.200. The van der Waals surface area contributed by atoms with Crippen LogP contribution in [0.25, 0.3) is 0 Å². The molecule has 0 aliphatic carbocycles. The fraction of sp³-hybridized carbons (Fsp3) is 1.00. The second-order valence-corrected chi connectivity index (χ2v) is 2.48. The first-order chi connectivity index (χ1) is 5.16. The number of hydrogen-bond acceptors (Lipinski definition) is 5. The van der Waals surface area contributed by atoms with Crippen LogP contribution in [0.4, 0.5) is 0 Å². The van der Waals surface area contributed by atoms with E-state index >= 15 is 0 Å². The summed E-state index contributed by atoms with van der Waals surface area (Å²) in [5.74, 6) is 0. The summed E-state index contributed by atoms with van der Waals surface area (Å²) in [6, 6.07) is 0. The molecular formula is C6H12O5. The Morgan fingerprint density at radius 2 is 2.00 bits per heavy atom. The van der Waals surface area contributed by atoms with Crippen molar-refractivity contribution in [3.8, 4) is 0 Å². The Balaban J connectivity index is 2.55. The molecule has 1 heterocycles. The van der Waals surface area contributed by atoms with E-state index in [4.69, 9.17) is 14.9 Å². The predicted octanol–water partition coefficient (Wildman–Crippen LogP) is -1.93. The largest absolute Gasteiger partial charge is 0.388 e. The van der Waals surface area contributed by atoms with Gasteiger partial charge in [0.05, 0.1) is 6.61 Å². The highest BCUT2D eigenvalue weighted by Crippen LogP contribution is 2.15. The van der Waals surface area contributed by atoms with E-state index in [0.29, 0.717) is 0 Å². The highest BCUT2D eigenvalue weighted by molar-refractivity contribution is 4.82. The second-order valence-electron chi connectivity index (χ2n) is 2.48. The van der Waals surface area contributed by atoms with Gasteiger partial charge in [-0.1, -0.05) is 0 Å². The molecule has 5 nitrogen and oxygen atoms in total. The van der Waals surface area contributed by atoms with Gasteiger partial charge in [-0.3, -0.25) is 0 Å².